The first-order valence-corrected chi connectivity index (χ1v) is 7.89. The maximum Gasteiger partial charge on any atom is 0.239 e. The van der Waals surface area contributed by atoms with Crippen LogP contribution >= 0.6 is 11.8 Å². The van der Waals surface area contributed by atoms with Gasteiger partial charge in [-0.1, -0.05) is 42.5 Å². The zero-order chi connectivity index (χ0) is 13.0. The van der Waals surface area contributed by atoms with Crippen LogP contribution in [0.1, 0.15) is 5.56 Å². The van der Waals surface area contributed by atoms with Crippen molar-refractivity contribution >= 4 is 21.8 Å². The second-order valence-electron chi connectivity index (χ2n) is 3.77. The van der Waals surface area contributed by atoms with E-state index in [9.17, 15) is 8.42 Å². The molecular weight excluding hydrogens is 266 g/mol. The van der Waals surface area contributed by atoms with Crippen LogP contribution in [0.15, 0.2) is 64.4 Å². The van der Waals surface area contributed by atoms with Gasteiger partial charge in [-0.05, 0) is 17.7 Å². The van der Waals surface area contributed by atoms with Crippen molar-refractivity contribution in [1.29, 1.82) is 0 Å². The van der Waals surface area contributed by atoms with Crippen molar-refractivity contribution in [2.75, 3.05) is 0 Å². The van der Waals surface area contributed by atoms with Crippen molar-refractivity contribution in [1.82, 2.24) is 0 Å². The first kappa shape index (κ1) is 13.1. The van der Waals surface area contributed by atoms with Gasteiger partial charge in [-0.3, -0.25) is 0 Å². The number of hydrogen-bond donors (Lipinski definition) is 1. The lowest BCUT2D eigenvalue weighted by Gasteiger charge is -2.07. The maximum atomic E-state index is 11.4. The maximum absolute atomic E-state index is 11.4. The second-order valence-corrected chi connectivity index (χ2v) is 6.31. The molecule has 2 rings (SSSR count). The third-order valence-corrected chi connectivity index (χ3v) is 4.64. The van der Waals surface area contributed by atoms with Gasteiger partial charge in [-0.15, -0.1) is 11.8 Å². The van der Waals surface area contributed by atoms with Crippen LogP contribution in [0, 0.1) is 0 Å². The number of hydrogen-bond acceptors (Lipinski definition) is 3. The lowest BCUT2D eigenvalue weighted by atomic mass is 10.2. The zero-order valence-corrected chi connectivity index (χ0v) is 11.2. The lowest BCUT2D eigenvalue weighted by Crippen LogP contribution is -2.13. The molecule has 0 amide bonds. The molecular formula is C13H13NO2S2. The van der Waals surface area contributed by atoms with Crippen LogP contribution in [-0.2, 0) is 15.8 Å². The minimum Gasteiger partial charge on any atom is -0.225 e. The molecule has 5 heteroatoms. The second kappa shape index (κ2) is 5.56. The summed E-state index contributed by atoms with van der Waals surface area (Å²) in [5.74, 6) is 0.716. The number of sulfonamides is 1. The Balaban J connectivity index is 2.20. The molecule has 18 heavy (non-hydrogen) atoms. The number of rotatable bonds is 4. The Morgan fingerprint density at radius 1 is 0.944 bits per heavy atom. The fourth-order valence-corrected chi connectivity index (χ4v) is 3.58. The first-order valence-electron chi connectivity index (χ1n) is 5.36. The van der Waals surface area contributed by atoms with Crippen molar-refractivity contribution in [2.24, 2.45) is 5.14 Å². The summed E-state index contributed by atoms with van der Waals surface area (Å²) in [6, 6.07) is 16.7. The molecule has 94 valence electrons. The van der Waals surface area contributed by atoms with Gasteiger partial charge in [-0.2, -0.15) is 0 Å². The van der Waals surface area contributed by atoms with Gasteiger partial charge < -0.3 is 0 Å². The van der Waals surface area contributed by atoms with Crippen LogP contribution in [0.25, 0.3) is 0 Å². The van der Waals surface area contributed by atoms with E-state index < -0.39 is 10.0 Å². The van der Waals surface area contributed by atoms with Gasteiger partial charge in [0.15, 0.2) is 0 Å². The molecule has 0 saturated carbocycles. The van der Waals surface area contributed by atoms with Gasteiger partial charge in [0, 0.05) is 10.6 Å². The molecule has 0 aliphatic carbocycles. The highest BCUT2D eigenvalue weighted by atomic mass is 32.2. The quantitative estimate of drug-likeness (QED) is 0.875. The fraction of sp³-hybridized carbons (Fsp3) is 0.0769. The van der Waals surface area contributed by atoms with Gasteiger partial charge in [0.2, 0.25) is 10.0 Å². The summed E-state index contributed by atoms with van der Waals surface area (Å²) in [6.07, 6.45) is 0. The molecule has 2 aromatic carbocycles. The minimum atomic E-state index is -3.66. The smallest absolute Gasteiger partial charge is 0.225 e. The molecule has 0 atom stereocenters. The van der Waals surface area contributed by atoms with E-state index in [2.05, 4.69) is 0 Å². The van der Waals surface area contributed by atoms with E-state index in [0.717, 1.165) is 5.56 Å². The molecule has 0 spiro atoms. The van der Waals surface area contributed by atoms with Crippen molar-refractivity contribution < 1.29 is 8.42 Å². The molecule has 0 unspecified atom stereocenters. The van der Waals surface area contributed by atoms with Crippen molar-refractivity contribution in [3.63, 3.8) is 0 Å². The molecule has 0 aliphatic rings. The van der Waals surface area contributed by atoms with E-state index in [1.807, 2.05) is 36.4 Å². The largest absolute Gasteiger partial charge is 0.239 e. The monoisotopic (exact) mass is 279 g/mol. The first-order chi connectivity index (χ1) is 8.57. The highest BCUT2D eigenvalue weighted by Gasteiger charge is 2.13. The molecule has 2 aromatic rings. The summed E-state index contributed by atoms with van der Waals surface area (Å²) >= 11 is 1.47. The summed E-state index contributed by atoms with van der Waals surface area (Å²) in [5, 5.41) is 5.19. The van der Waals surface area contributed by atoms with Crippen molar-refractivity contribution in [3.8, 4) is 0 Å². The van der Waals surface area contributed by atoms with Crippen LogP contribution in [0.4, 0.5) is 0 Å². The van der Waals surface area contributed by atoms with Crippen molar-refractivity contribution in [2.45, 2.75) is 15.5 Å². The zero-order valence-electron chi connectivity index (χ0n) is 9.61. The molecule has 0 bridgehead atoms. The van der Waals surface area contributed by atoms with Crippen LogP contribution in [0.2, 0.25) is 0 Å². The standard InChI is InChI=1S/C13H13NO2S2/c14-18(15,16)13-9-5-4-8-12(13)17-10-11-6-2-1-3-7-11/h1-9H,10H2,(H2,14,15,16). The van der Waals surface area contributed by atoms with Gasteiger partial charge >= 0.3 is 0 Å². The van der Waals surface area contributed by atoms with E-state index in [4.69, 9.17) is 5.14 Å². The summed E-state index contributed by atoms with van der Waals surface area (Å²) in [5.41, 5.74) is 1.15. The van der Waals surface area contributed by atoms with E-state index in [1.165, 1.54) is 17.8 Å². The van der Waals surface area contributed by atoms with Crippen LogP contribution in [0.3, 0.4) is 0 Å². The molecule has 0 fully saturated rings. The Kier molecular flexibility index (Phi) is 4.06. The Morgan fingerprint density at radius 2 is 1.56 bits per heavy atom. The number of thioether (sulfide) groups is 1. The van der Waals surface area contributed by atoms with Gasteiger partial charge in [0.1, 0.15) is 0 Å². The van der Waals surface area contributed by atoms with Gasteiger partial charge in [0.05, 0.1) is 4.90 Å². The van der Waals surface area contributed by atoms with E-state index >= 15 is 0 Å². The Morgan fingerprint density at radius 3 is 2.22 bits per heavy atom. The summed E-state index contributed by atoms with van der Waals surface area (Å²) in [6.45, 7) is 0. The predicted molar refractivity (Wildman–Crippen MR) is 73.8 cm³/mol. The van der Waals surface area contributed by atoms with Gasteiger partial charge in [-0.25, -0.2) is 13.6 Å². The SMILES string of the molecule is NS(=O)(=O)c1ccccc1SCc1ccccc1. The molecule has 3 nitrogen and oxygen atoms in total. The number of primary sulfonamides is 1. The molecule has 0 aliphatic heterocycles. The van der Waals surface area contributed by atoms with Crippen LogP contribution in [-0.4, -0.2) is 8.42 Å². The molecule has 0 saturated heterocycles. The summed E-state index contributed by atoms with van der Waals surface area (Å²) < 4.78 is 22.9. The minimum absolute atomic E-state index is 0.186. The fourth-order valence-electron chi connectivity index (χ4n) is 1.54. The normalized spacial score (nSPS) is 11.4. The van der Waals surface area contributed by atoms with E-state index in [1.54, 1.807) is 12.1 Å². The third kappa shape index (κ3) is 3.35. The number of nitrogens with two attached hydrogens (primary N) is 1. The Bertz CT molecular complexity index is 624. The van der Waals surface area contributed by atoms with Crippen LogP contribution < -0.4 is 5.14 Å². The molecule has 2 N–H and O–H groups in total. The lowest BCUT2D eigenvalue weighted by molar-refractivity contribution is 0.596. The Hall–Kier alpha value is -1.30. The highest BCUT2D eigenvalue weighted by molar-refractivity contribution is 7.99. The average Bonchev–Trinajstić information content (AvgIpc) is 2.37. The average molecular weight is 279 g/mol. The third-order valence-electron chi connectivity index (χ3n) is 2.39. The van der Waals surface area contributed by atoms with Crippen LogP contribution in [0.5, 0.6) is 0 Å². The van der Waals surface area contributed by atoms with Crippen molar-refractivity contribution in [3.05, 3.63) is 60.2 Å². The van der Waals surface area contributed by atoms with Gasteiger partial charge in [0.25, 0.3) is 0 Å². The van der Waals surface area contributed by atoms with E-state index in [-0.39, 0.29) is 4.90 Å². The van der Waals surface area contributed by atoms with E-state index in [0.29, 0.717) is 10.6 Å². The highest BCUT2D eigenvalue weighted by Crippen LogP contribution is 2.28. The Labute approximate surface area is 111 Å². The molecule has 0 heterocycles. The number of benzene rings is 2. The summed E-state index contributed by atoms with van der Waals surface area (Å²) in [7, 11) is -3.66. The predicted octanol–water partition coefficient (Wildman–Crippen LogP) is 2.63. The molecule has 0 radical (unpaired) electrons. The molecule has 0 aromatic heterocycles. The topological polar surface area (TPSA) is 60.2 Å². The summed E-state index contributed by atoms with van der Waals surface area (Å²) in [4.78, 5) is 0.870.